The molecule has 3 aromatic heterocycles. The van der Waals surface area contributed by atoms with Crippen LogP contribution >= 0.6 is 11.3 Å². The largest absolute Gasteiger partial charge is 0.377 e. The molecule has 0 spiro atoms. The van der Waals surface area contributed by atoms with Crippen LogP contribution in [0.5, 0.6) is 0 Å². The zero-order valence-corrected chi connectivity index (χ0v) is 14.7. The van der Waals surface area contributed by atoms with Crippen molar-refractivity contribution in [2.75, 3.05) is 13.2 Å². The quantitative estimate of drug-likeness (QED) is 0.647. The van der Waals surface area contributed by atoms with Crippen molar-refractivity contribution in [2.45, 2.75) is 32.0 Å². The number of hydrogen-bond acceptors (Lipinski definition) is 7. The molecule has 1 aliphatic rings. The number of ether oxygens (including phenoxy) is 1. The second kappa shape index (κ2) is 7.86. The highest BCUT2D eigenvalue weighted by atomic mass is 32.1. The summed E-state index contributed by atoms with van der Waals surface area (Å²) in [7, 11) is 0. The van der Waals surface area contributed by atoms with Gasteiger partial charge < -0.3 is 9.26 Å². The van der Waals surface area contributed by atoms with Gasteiger partial charge >= 0.3 is 0 Å². The third kappa shape index (κ3) is 4.31. The van der Waals surface area contributed by atoms with Gasteiger partial charge in [-0.3, -0.25) is 9.88 Å². The Hall–Kier alpha value is -2.09. The molecule has 0 N–H and O–H groups in total. The Kier molecular flexibility index (Phi) is 5.15. The average molecular weight is 356 g/mol. The van der Waals surface area contributed by atoms with Gasteiger partial charge in [-0.2, -0.15) is 16.3 Å². The highest BCUT2D eigenvalue weighted by Crippen LogP contribution is 2.20. The number of pyridine rings is 1. The van der Waals surface area contributed by atoms with Gasteiger partial charge in [-0.1, -0.05) is 11.2 Å². The zero-order valence-electron chi connectivity index (χ0n) is 13.9. The first kappa shape index (κ1) is 16.4. The van der Waals surface area contributed by atoms with E-state index < -0.39 is 0 Å². The van der Waals surface area contributed by atoms with Crippen molar-refractivity contribution in [3.05, 3.63) is 52.8 Å². The molecule has 0 aliphatic carbocycles. The Labute approximate surface area is 150 Å². The molecular formula is C18H20N4O2S. The lowest BCUT2D eigenvalue weighted by molar-refractivity contribution is 0.0640. The molecule has 4 heterocycles. The topological polar surface area (TPSA) is 64.3 Å². The van der Waals surface area contributed by atoms with Crippen molar-refractivity contribution in [3.63, 3.8) is 0 Å². The molecule has 1 saturated heterocycles. The number of thiophene rings is 1. The monoisotopic (exact) mass is 356 g/mol. The molecule has 0 radical (unpaired) electrons. The van der Waals surface area contributed by atoms with Gasteiger partial charge in [0.2, 0.25) is 11.7 Å². The fourth-order valence-electron chi connectivity index (χ4n) is 3.03. The molecule has 1 aliphatic heterocycles. The van der Waals surface area contributed by atoms with Gasteiger partial charge in [0.25, 0.3) is 0 Å². The lowest BCUT2D eigenvalue weighted by Crippen LogP contribution is -2.31. The standard InChI is InChI=1S/C18H20N4O2S/c1-3-14(9-19-6-1)10-22(11-16-4-2-7-23-16)12-17-20-18(21-24-17)15-5-8-25-13-15/h1,3,5-6,8-9,13,16H,2,4,7,10-12H2/t16-/m0/s1. The summed E-state index contributed by atoms with van der Waals surface area (Å²) in [5.41, 5.74) is 2.16. The van der Waals surface area contributed by atoms with E-state index in [4.69, 9.17) is 9.26 Å². The summed E-state index contributed by atoms with van der Waals surface area (Å²) in [6.07, 6.45) is 6.20. The lowest BCUT2D eigenvalue weighted by atomic mass is 10.2. The molecule has 1 fully saturated rings. The van der Waals surface area contributed by atoms with Crippen molar-refractivity contribution in [2.24, 2.45) is 0 Å². The summed E-state index contributed by atoms with van der Waals surface area (Å²) in [4.78, 5) is 11.0. The fraction of sp³-hybridized carbons (Fsp3) is 0.389. The predicted molar refractivity (Wildman–Crippen MR) is 94.9 cm³/mol. The maximum atomic E-state index is 5.80. The zero-order chi connectivity index (χ0) is 16.9. The Morgan fingerprint density at radius 1 is 1.28 bits per heavy atom. The van der Waals surface area contributed by atoms with Crippen LogP contribution in [-0.4, -0.2) is 39.3 Å². The van der Waals surface area contributed by atoms with Crippen molar-refractivity contribution in [3.8, 4) is 11.4 Å². The smallest absolute Gasteiger partial charge is 0.241 e. The minimum Gasteiger partial charge on any atom is -0.377 e. The molecule has 0 saturated carbocycles. The molecule has 130 valence electrons. The van der Waals surface area contributed by atoms with Gasteiger partial charge in [-0.25, -0.2) is 0 Å². The van der Waals surface area contributed by atoms with Crippen LogP contribution in [0.3, 0.4) is 0 Å². The average Bonchev–Trinajstić information content (AvgIpc) is 3.38. The van der Waals surface area contributed by atoms with Crippen LogP contribution < -0.4 is 0 Å². The van der Waals surface area contributed by atoms with Crippen molar-refractivity contribution in [1.29, 1.82) is 0 Å². The van der Waals surface area contributed by atoms with Gasteiger partial charge in [-0.05, 0) is 35.9 Å². The van der Waals surface area contributed by atoms with E-state index in [-0.39, 0.29) is 6.10 Å². The molecule has 3 aromatic rings. The summed E-state index contributed by atoms with van der Waals surface area (Å²) in [5.74, 6) is 1.28. The van der Waals surface area contributed by atoms with Gasteiger partial charge in [-0.15, -0.1) is 0 Å². The molecule has 6 nitrogen and oxygen atoms in total. The Morgan fingerprint density at radius 2 is 2.28 bits per heavy atom. The van der Waals surface area contributed by atoms with Crippen LogP contribution in [-0.2, 0) is 17.8 Å². The van der Waals surface area contributed by atoms with Crippen LogP contribution in [0.2, 0.25) is 0 Å². The van der Waals surface area contributed by atoms with Gasteiger partial charge in [0, 0.05) is 43.0 Å². The molecule has 0 amide bonds. The van der Waals surface area contributed by atoms with Crippen LogP contribution in [0.15, 0.2) is 45.9 Å². The van der Waals surface area contributed by atoms with Gasteiger partial charge in [0.15, 0.2) is 0 Å². The minimum atomic E-state index is 0.274. The first-order valence-electron chi connectivity index (χ1n) is 8.45. The minimum absolute atomic E-state index is 0.274. The Bertz CT molecular complexity index is 769. The third-order valence-corrected chi connectivity index (χ3v) is 4.90. The molecule has 7 heteroatoms. The molecule has 0 unspecified atom stereocenters. The highest BCUT2D eigenvalue weighted by Gasteiger charge is 2.21. The Balaban J connectivity index is 1.47. The van der Waals surface area contributed by atoms with Crippen LogP contribution in [0.25, 0.3) is 11.4 Å². The van der Waals surface area contributed by atoms with E-state index in [0.29, 0.717) is 18.3 Å². The van der Waals surface area contributed by atoms with Gasteiger partial charge in [0.1, 0.15) is 0 Å². The molecular weight excluding hydrogens is 336 g/mol. The van der Waals surface area contributed by atoms with E-state index in [0.717, 1.165) is 43.7 Å². The summed E-state index contributed by atoms with van der Waals surface area (Å²) in [5, 5.41) is 8.13. The summed E-state index contributed by atoms with van der Waals surface area (Å²) in [6.45, 7) is 3.09. The second-order valence-corrected chi connectivity index (χ2v) is 6.97. The first-order chi connectivity index (χ1) is 12.4. The lowest BCUT2D eigenvalue weighted by Gasteiger charge is -2.23. The van der Waals surface area contributed by atoms with Gasteiger partial charge in [0.05, 0.1) is 12.6 Å². The number of rotatable bonds is 7. The Morgan fingerprint density at radius 3 is 3.04 bits per heavy atom. The fourth-order valence-corrected chi connectivity index (χ4v) is 3.66. The number of nitrogens with zero attached hydrogens (tertiary/aromatic N) is 4. The molecule has 1 atom stereocenters. The van der Waals surface area contributed by atoms with Crippen LogP contribution in [0.1, 0.15) is 24.3 Å². The molecule has 4 rings (SSSR count). The third-order valence-electron chi connectivity index (χ3n) is 4.22. The summed E-state index contributed by atoms with van der Waals surface area (Å²) >= 11 is 1.63. The van der Waals surface area contributed by atoms with E-state index in [9.17, 15) is 0 Å². The number of aromatic nitrogens is 3. The maximum Gasteiger partial charge on any atom is 0.241 e. The maximum absolute atomic E-state index is 5.80. The van der Waals surface area contributed by atoms with E-state index in [2.05, 4.69) is 26.1 Å². The van der Waals surface area contributed by atoms with E-state index in [1.54, 1.807) is 17.5 Å². The van der Waals surface area contributed by atoms with E-state index in [1.807, 2.05) is 29.1 Å². The summed E-state index contributed by atoms with van der Waals surface area (Å²) in [6, 6.07) is 6.04. The SMILES string of the molecule is c1cncc(CN(Cc2nc(-c3ccsc3)no2)C[C@@H]2CCCO2)c1. The normalized spacial score (nSPS) is 17.4. The molecule has 25 heavy (non-hydrogen) atoms. The van der Waals surface area contributed by atoms with Crippen LogP contribution in [0, 0.1) is 0 Å². The predicted octanol–water partition coefficient (Wildman–Crippen LogP) is 3.37. The van der Waals surface area contributed by atoms with Crippen molar-refractivity contribution < 1.29 is 9.26 Å². The van der Waals surface area contributed by atoms with Crippen LogP contribution in [0.4, 0.5) is 0 Å². The van der Waals surface area contributed by atoms with E-state index in [1.165, 1.54) is 0 Å². The van der Waals surface area contributed by atoms with Crippen molar-refractivity contribution >= 4 is 11.3 Å². The molecule has 0 bridgehead atoms. The van der Waals surface area contributed by atoms with Crippen molar-refractivity contribution in [1.82, 2.24) is 20.0 Å². The number of hydrogen-bond donors (Lipinski definition) is 0. The molecule has 0 aromatic carbocycles. The van der Waals surface area contributed by atoms with E-state index >= 15 is 0 Å². The highest BCUT2D eigenvalue weighted by molar-refractivity contribution is 7.08. The second-order valence-electron chi connectivity index (χ2n) is 6.19. The first-order valence-corrected chi connectivity index (χ1v) is 9.39. The summed E-state index contributed by atoms with van der Waals surface area (Å²) < 4.78 is 11.3.